The predicted octanol–water partition coefficient (Wildman–Crippen LogP) is 2.40. The van der Waals surface area contributed by atoms with Crippen molar-refractivity contribution in [1.29, 1.82) is 0 Å². The molecule has 100 valence electrons. The molecular weight excluding hydrogens is 240 g/mol. The minimum absolute atomic E-state index is 0.677. The van der Waals surface area contributed by atoms with E-state index in [1.165, 1.54) is 0 Å². The van der Waals surface area contributed by atoms with E-state index >= 15 is 0 Å². The van der Waals surface area contributed by atoms with E-state index in [1.807, 2.05) is 37.4 Å². The molecule has 0 saturated carbocycles. The SMILES string of the molecule is CNc1cncc(NCCCOc2ccccc2)n1. The van der Waals surface area contributed by atoms with Crippen LogP contribution in [0.2, 0.25) is 0 Å². The summed E-state index contributed by atoms with van der Waals surface area (Å²) in [6.45, 7) is 1.48. The molecule has 2 aromatic rings. The molecule has 2 N–H and O–H groups in total. The van der Waals surface area contributed by atoms with Gasteiger partial charge >= 0.3 is 0 Å². The number of aromatic nitrogens is 2. The van der Waals surface area contributed by atoms with Crippen LogP contribution in [0.1, 0.15) is 6.42 Å². The smallest absolute Gasteiger partial charge is 0.146 e. The van der Waals surface area contributed by atoms with Gasteiger partial charge < -0.3 is 15.4 Å². The Kier molecular flexibility index (Phi) is 4.98. The Bertz CT molecular complexity index is 490. The molecule has 0 amide bonds. The Morgan fingerprint density at radius 1 is 1.11 bits per heavy atom. The molecule has 0 spiro atoms. The van der Waals surface area contributed by atoms with E-state index in [1.54, 1.807) is 12.4 Å². The molecule has 19 heavy (non-hydrogen) atoms. The Labute approximate surface area is 113 Å². The summed E-state index contributed by atoms with van der Waals surface area (Å²) < 4.78 is 5.60. The van der Waals surface area contributed by atoms with Crippen LogP contribution in [-0.2, 0) is 0 Å². The highest BCUT2D eigenvalue weighted by Gasteiger charge is 1.96. The summed E-state index contributed by atoms with van der Waals surface area (Å²) in [6, 6.07) is 9.81. The lowest BCUT2D eigenvalue weighted by Crippen LogP contribution is -2.09. The second-order valence-electron chi connectivity index (χ2n) is 3.98. The fraction of sp³-hybridized carbons (Fsp3) is 0.286. The average molecular weight is 258 g/mol. The van der Waals surface area contributed by atoms with Gasteiger partial charge in [-0.05, 0) is 18.6 Å². The molecule has 0 aliphatic carbocycles. The highest BCUT2D eigenvalue weighted by molar-refractivity contribution is 5.40. The first kappa shape index (κ1) is 13.1. The summed E-state index contributed by atoms with van der Waals surface area (Å²) in [7, 11) is 1.82. The van der Waals surface area contributed by atoms with Crippen molar-refractivity contribution in [3.05, 3.63) is 42.7 Å². The van der Waals surface area contributed by atoms with Gasteiger partial charge in [0.1, 0.15) is 17.4 Å². The Hall–Kier alpha value is -2.30. The second kappa shape index (κ2) is 7.20. The van der Waals surface area contributed by atoms with Gasteiger partial charge in [-0.25, -0.2) is 4.98 Å². The number of anilines is 2. The van der Waals surface area contributed by atoms with Crippen LogP contribution in [0.5, 0.6) is 5.75 Å². The highest BCUT2D eigenvalue weighted by atomic mass is 16.5. The largest absolute Gasteiger partial charge is 0.494 e. The van der Waals surface area contributed by atoms with Crippen molar-refractivity contribution in [3.8, 4) is 5.75 Å². The van der Waals surface area contributed by atoms with Gasteiger partial charge in [-0.1, -0.05) is 18.2 Å². The Morgan fingerprint density at radius 3 is 2.68 bits per heavy atom. The highest BCUT2D eigenvalue weighted by Crippen LogP contribution is 2.09. The van der Waals surface area contributed by atoms with Gasteiger partial charge in [0.15, 0.2) is 0 Å². The average Bonchev–Trinajstić information content (AvgIpc) is 2.48. The van der Waals surface area contributed by atoms with Gasteiger partial charge in [0.05, 0.1) is 19.0 Å². The second-order valence-corrected chi connectivity index (χ2v) is 3.98. The lowest BCUT2D eigenvalue weighted by atomic mass is 10.3. The summed E-state index contributed by atoms with van der Waals surface area (Å²) in [6.07, 6.45) is 4.29. The first-order valence-electron chi connectivity index (χ1n) is 6.30. The van der Waals surface area contributed by atoms with Crippen LogP contribution in [-0.4, -0.2) is 30.2 Å². The molecular formula is C14H18N4O. The monoisotopic (exact) mass is 258 g/mol. The van der Waals surface area contributed by atoms with E-state index in [9.17, 15) is 0 Å². The molecule has 5 nitrogen and oxygen atoms in total. The minimum atomic E-state index is 0.677. The Morgan fingerprint density at radius 2 is 1.89 bits per heavy atom. The lowest BCUT2D eigenvalue weighted by Gasteiger charge is -2.08. The van der Waals surface area contributed by atoms with Crippen LogP contribution in [0, 0.1) is 0 Å². The molecule has 0 fully saturated rings. The van der Waals surface area contributed by atoms with Crippen molar-refractivity contribution in [1.82, 2.24) is 9.97 Å². The summed E-state index contributed by atoms with van der Waals surface area (Å²) in [5.41, 5.74) is 0. The van der Waals surface area contributed by atoms with Gasteiger partial charge in [0.25, 0.3) is 0 Å². The quantitative estimate of drug-likeness (QED) is 0.747. The van der Waals surface area contributed by atoms with E-state index in [0.29, 0.717) is 6.61 Å². The Balaban J connectivity index is 1.66. The molecule has 0 aliphatic rings. The standard InChI is InChI=1S/C14H18N4O/c1-15-13-10-16-11-14(18-13)17-8-5-9-19-12-6-3-2-4-7-12/h2-4,6-7,10-11H,5,8-9H2,1H3,(H2,15,17,18). The molecule has 0 radical (unpaired) electrons. The van der Waals surface area contributed by atoms with Crippen LogP contribution in [0.4, 0.5) is 11.6 Å². The number of nitrogens with one attached hydrogen (secondary N) is 2. The van der Waals surface area contributed by atoms with Gasteiger partial charge in [-0.2, -0.15) is 0 Å². The van der Waals surface area contributed by atoms with Crippen molar-refractivity contribution in [2.45, 2.75) is 6.42 Å². The summed E-state index contributed by atoms with van der Waals surface area (Å²) in [5.74, 6) is 2.43. The van der Waals surface area contributed by atoms with Gasteiger partial charge in [0.2, 0.25) is 0 Å². The topological polar surface area (TPSA) is 59.1 Å². The molecule has 5 heteroatoms. The molecule has 0 saturated heterocycles. The van der Waals surface area contributed by atoms with Crippen LogP contribution in [0.25, 0.3) is 0 Å². The summed E-state index contributed by atoms with van der Waals surface area (Å²) in [4.78, 5) is 8.40. The van der Waals surface area contributed by atoms with Gasteiger partial charge in [-0.15, -0.1) is 0 Å². The van der Waals surface area contributed by atoms with E-state index in [0.717, 1.165) is 30.4 Å². The van der Waals surface area contributed by atoms with Crippen LogP contribution >= 0.6 is 0 Å². The third-order valence-electron chi connectivity index (χ3n) is 2.53. The first-order valence-corrected chi connectivity index (χ1v) is 6.30. The molecule has 0 atom stereocenters. The molecule has 1 aromatic carbocycles. The summed E-state index contributed by atoms with van der Waals surface area (Å²) in [5, 5.41) is 6.16. The van der Waals surface area contributed by atoms with Crippen molar-refractivity contribution < 1.29 is 4.74 Å². The van der Waals surface area contributed by atoms with Gasteiger partial charge in [0, 0.05) is 13.6 Å². The maximum absolute atomic E-state index is 5.60. The third-order valence-corrected chi connectivity index (χ3v) is 2.53. The fourth-order valence-electron chi connectivity index (χ4n) is 1.57. The number of nitrogens with zero attached hydrogens (tertiary/aromatic N) is 2. The van der Waals surface area contributed by atoms with Crippen LogP contribution < -0.4 is 15.4 Å². The van der Waals surface area contributed by atoms with Gasteiger partial charge in [-0.3, -0.25) is 4.98 Å². The number of benzene rings is 1. The van der Waals surface area contributed by atoms with E-state index in [2.05, 4.69) is 20.6 Å². The number of hydrogen-bond donors (Lipinski definition) is 2. The number of para-hydroxylation sites is 1. The van der Waals surface area contributed by atoms with Crippen LogP contribution in [0.15, 0.2) is 42.7 Å². The van der Waals surface area contributed by atoms with Crippen molar-refractivity contribution in [3.63, 3.8) is 0 Å². The normalized spacial score (nSPS) is 9.95. The van der Waals surface area contributed by atoms with Crippen LogP contribution in [0.3, 0.4) is 0 Å². The maximum Gasteiger partial charge on any atom is 0.146 e. The molecule has 0 aliphatic heterocycles. The number of rotatable bonds is 7. The maximum atomic E-state index is 5.60. The predicted molar refractivity (Wildman–Crippen MR) is 76.6 cm³/mol. The summed E-state index contributed by atoms with van der Waals surface area (Å²) >= 11 is 0. The molecule has 2 rings (SSSR count). The van der Waals surface area contributed by atoms with Crippen molar-refractivity contribution >= 4 is 11.6 Å². The number of ether oxygens (including phenoxy) is 1. The molecule has 0 bridgehead atoms. The molecule has 0 unspecified atom stereocenters. The zero-order valence-corrected chi connectivity index (χ0v) is 11.0. The number of hydrogen-bond acceptors (Lipinski definition) is 5. The van der Waals surface area contributed by atoms with E-state index in [4.69, 9.17) is 4.74 Å². The van der Waals surface area contributed by atoms with E-state index < -0.39 is 0 Å². The zero-order valence-electron chi connectivity index (χ0n) is 11.0. The van der Waals surface area contributed by atoms with E-state index in [-0.39, 0.29) is 0 Å². The van der Waals surface area contributed by atoms with Crippen molar-refractivity contribution in [2.75, 3.05) is 30.8 Å². The molecule has 1 heterocycles. The molecule has 1 aromatic heterocycles. The fourth-order valence-corrected chi connectivity index (χ4v) is 1.57. The minimum Gasteiger partial charge on any atom is -0.494 e. The first-order chi connectivity index (χ1) is 9.38. The van der Waals surface area contributed by atoms with Crippen molar-refractivity contribution in [2.24, 2.45) is 0 Å². The zero-order chi connectivity index (χ0) is 13.3. The lowest BCUT2D eigenvalue weighted by molar-refractivity contribution is 0.315. The third kappa shape index (κ3) is 4.46.